The van der Waals surface area contributed by atoms with E-state index < -0.39 is 14.9 Å². The minimum Gasteiger partial charge on any atom is -0.387 e. The van der Waals surface area contributed by atoms with E-state index in [2.05, 4.69) is 10.0 Å². The molecular weight excluding hydrogens is 294 g/mol. The van der Waals surface area contributed by atoms with Crippen molar-refractivity contribution in [2.24, 2.45) is 5.41 Å². The highest BCUT2D eigenvalue weighted by Gasteiger charge is 2.33. The highest BCUT2D eigenvalue weighted by atomic mass is 32.2. The number of rotatable bonds is 6. The Balaban J connectivity index is 2.29. The van der Waals surface area contributed by atoms with E-state index >= 15 is 0 Å². The fraction of sp³-hybridized carbons (Fsp3) is 0.538. The summed E-state index contributed by atoms with van der Waals surface area (Å²) in [6.07, 6.45) is 3.09. The van der Waals surface area contributed by atoms with Crippen LogP contribution in [-0.4, -0.2) is 26.9 Å². The summed E-state index contributed by atoms with van der Waals surface area (Å²) in [6, 6.07) is 3.76. The van der Waals surface area contributed by atoms with E-state index in [1.54, 1.807) is 7.05 Å². The van der Waals surface area contributed by atoms with Gasteiger partial charge in [0.2, 0.25) is 10.0 Å². The molecule has 2 rings (SSSR count). The van der Waals surface area contributed by atoms with E-state index in [4.69, 9.17) is 0 Å². The van der Waals surface area contributed by atoms with Crippen LogP contribution in [0.3, 0.4) is 0 Å². The van der Waals surface area contributed by atoms with Crippen molar-refractivity contribution in [2.75, 3.05) is 18.9 Å². The summed E-state index contributed by atoms with van der Waals surface area (Å²) in [5, 5.41) is 13.6. The van der Waals surface area contributed by atoms with Gasteiger partial charge >= 0.3 is 0 Å². The molecule has 1 aromatic carbocycles. The SMILES string of the molecule is CNc1ccc([N+](=O)[O-])cc1S(=O)(=O)NCC1(C)CCC1. The van der Waals surface area contributed by atoms with E-state index in [1.807, 2.05) is 6.92 Å². The van der Waals surface area contributed by atoms with Gasteiger partial charge in [0.25, 0.3) is 5.69 Å². The molecule has 0 atom stereocenters. The number of nitro benzene ring substituents is 1. The maximum absolute atomic E-state index is 12.4. The number of anilines is 1. The molecule has 0 spiro atoms. The number of hydrogen-bond acceptors (Lipinski definition) is 5. The standard InChI is InChI=1S/C13H19N3O4S/c1-13(6-3-7-13)9-15-21(19,20)12-8-10(16(17)18)4-5-11(12)14-2/h4-5,8,14-15H,3,6-7,9H2,1-2H3. The molecule has 7 nitrogen and oxygen atoms in total. The highest BCUT2D eigenvalue weighted by Crippen LogP contribution is 2.39. The molecule has 0 bridgehead atoms. The van der Waals surface area contributed by atoms with Crippen molar-refractivity contribution in [1.29, 1.82) is 0 Å². The second-order valence-corrected chi connectivity index (χ2v) is 7.41. The predicted octanol–water partition coefficient (Wildman–Crippen LogP) is 2.10. The number of hydrogen-bond donors (Lipinski definition) is 2. The first-order valence-corrected chi connectivity index (χ1v) is 8.22. The summed E-state index contributed by atoms with van der Waals surface area (Å²) >= 11 is 0. The van der Waals surface area contributed by atoms with Gasteiger partial charge in [0, 0.05) is 25.7 Å². The van der Waals surface area contributed by atoms with Crippen LogP contribution in [0.25, 0.3) is 0 Å². The molecule has 1 aromatic rings. The Morgan fingerprint density at radius 2 is 2.05 bits per heavy atom. The lowest BCUT2D eigenvalue weighted by molar-refractivity contribution is -0.385. The molecule has 0 unspecified atom stereocenters. The van der Waals surface area contributed by atoms with Gasteiger partial charge in [-0.2, -0.15) is 0 Å². The van der Waals surface area contributed by atoms with Gasteiger partial charge in [-0.15, -0.1) is 0 Å². The van der Waals surface area contributed by atoms with Crippen LogP contribution in [-0.2, 0) is 10.0 Å². The maximum Gasteiger partial charge on any atom is 0.270 e. The van der Waals surface area contributed by atoms with Gasteiger partial charge in [-0.25, -0.2) is 13.1 Å². The van der Waals surface area contributed by atoms with Crippen LogP contribution in [0.4, 0.5) is 11.4 Å². The van der Waals surface area contributed by atoms with Crippen molar-refractivity contribution in [3.05, 3.63) is 28.3 Å². The number of nitrogens with one attached hydrogen (secondary N) is 2. The number of benzene rings is 1. The van der Waals surface area contributed by atoms with Crippen LogP contribution >= 0.6 is 0 Å². The molecule has 116 valence electrons. The molecule has 1 aliphatic rings. The second kappa shape index (κ2) is 5.61. The molecular formula is C13H19N3O4S. The van der Waals surface area contributed by atoms with Gasteiger partial charge in [0.1, 0.15) is 4.90 Å². The zero-order chi connectivity index (χ0) is 15.7. The predicted molar refractivity (Wildman–Crippen MR) is 79.8 cm³/mol. The summed E-state index contributed by atoms with van der Waals surface area (Å²) in [6.45, 7) is 2.38. The number of nitrogens with zero attached hydrogens (tertiary/aromatic N) is 1. The zero-order valence-electron chi connectivity index (χ0n) is 12.0. The van der Waals surface area contributed by atoms with Crippen LogP contribution in [0, 0.1) is 15.5 Å². The summed E-state index contributed by atoms with van der Waals surface area (Å²) < 4.78 is 27.4. The molecule has 0 aromatic heterocycles. The van der Waals surface area contributed by atoms with Crippen molar-refractivity contribution in [3.63, 3.8) is 0 Å². The topological polar surface area (TPSA) is 101 Å². The van der Waals surface area contributed by atoms with Crippen molar-refractivity contribution in [2.45, 2.75) is 31.1 Å². The highest BCUT2D eigenvalue weighted by molar-refractivity contribution is 7.89. The van der Waals surface area contributed by atoms with Crippen LogP contribution in [0.15, 0.2) is 23.1 Å². The van der Waals surface area contributed by atoms with Crippen molar-refractivity contribution >= 4 is 21.4 Å². The molecule has 0 radical (unpaired) electrons. The lowest BCUT2D eigenvalue weighted by Crippen LogP contribution is -2.40. The van der Waals surface area contributed by atoms with Gasteiger partial charge in [-0.3, -0.25) is 10.1 Å². The van der Waals surface area contributed by atoms with Crippen LogP contribution < -0.4 is 10.0 Å². The Labute approximate surface area is 123 Å². The largest absolute Gasteiger partial charge is 0.387 e. The Bertz CT molecular complexity index is 653. The Morgan fingerprint density at radius 3 is 2.52 bits per heavy atom. The number of sulfonamides is 1. The fourth-order valence-electron chi connectivity index (χ4n) is 2.36. The normalized spacial score (nSPS) is 17.0. The Kier molecular flexibility index (Phi) is 4.20. The van der Waals surface area contributed by atoms with Crippen LogP contribution in [0.1, 0.15) is 26.2 Å². The smallest absolute Gasteiger partial charge is 0.270 e. The first-order chi connectivity index (χ1) is 9.77. The van der Waals surface area contributed by atoms with Crippen LogP contribution in [0.5, 0.6) is 0 Å². The Hall–Kier alpha value is -1.67. The summed E-state index contributed by atoms with van der Waals surface area (Å²) in [5.41, 5.74) is 0.0872. The Morgan fingerprint density at radius 1 is 1.38 bits per heavy atom. The summed E-state index contributed by atoms with van der Waals surface area (Å²) in [5.74, 6) is 0. The average molecular weight is 313 g/mol. The molecule has 2 N–H and O–H groups in total. The summed E-state index contributed by atoms with van der Waals surface area (Å²) in [7, 11) is -2.21. The van der Waals surface area contributed by atoms with E-state index in [-0.39, 0.29) is 16.0 Å². The van der Waals surface area contributed by atoms with Gasteiger partial charge < -0.3 is 5.32 Å². The van der Waals surface area contributed by atoms with Crippen molar-refractivity contribution in [3.8, 4) is 0 Å². The fourth-order valence-corrected chi connectivity index (χ4v) is 3.79. The van der Waals surface area contributed by atoms with Crippen LogP contribution in [0.2, 0.25) is 0 Å². The number of non-ortho nitro benzene ring substituents is 1. The van der Waals surface area contributed by atoms with Crippen molar-refractivity contribution in [1.82, 2.24) is 4.72 Å². The lowest BCUT2D eigenvalue weighted by atomic mass is 9.71. The third kappa shape index (κ3) is 3.33. The van der Waals surface area contributed by atoms with Gasteiger partial charge in [-0.1, -0.05) is 13.3 Å². The van der Waals surface area contributed by atoms with Gasteiger partial charge in [-0.05, 0) is 24.3 Å². The number of nitro groups is 1. The first kappa shape index (κ1) is 15.7. The van der Waals surface area contributed by atoms with Gasteiger partial charge in [0.05, 0.1) is 10.6 Å². The molecule has 1 aliphatic carbocycles. The molecule has 0 amide bonds. The summed E-state index contributed by atoms with van der Waals surface area (Å²) in [4.78, 5) is 10.1. The lowest BCUT2D eigenvalue weighted by Gasteiger charge is -2.38. The van der Waals surface area contributed by atoms with E-state index in [0.29, 0.717) is 12.2 Å². The minimum atomic E-state index is -3.79. The third-order valence-corrected chi connectivity index (χ3v) is 5.43. The van der Waals surface area contributed by atoms with Crippen molar-refractivity contribution < 1.29 is 13.3 Å². The minimum absolute atomic E-state index is 0.00636. The van der Waals surface area contributed by atoms with E-state index in [1.165, 1.54) is 12.1 Å². The van der Waals surface area contributed by atoms with E-state index in [0.717, 1.165) is 25.3 Å². The van der Waals surface area contributed by atoms with E-state index in [9.17, 15) is 18.5 Å². The zero-order valence-corrected chi connectivity index (χ0v) is 12.9. The molecule has 1 saturated carbocycles. The molecule has 21 heavy (non-hydrogen) atoms. The third-order valence-electron chi connectivity index (χ3n) is 3.98. The molecule has 0 heterocycles. The molecule has 8 heteroatoms. The van der Waals surface area contributed by atoms with Gasteiger partial charge in [0.15, 0.2) is 0 Å². The first-order valence-electron chi connectivity index (χ1n) is 6.73. The quantitative estimate of drug-likeness (QED) is 0.618. The average Bonchev–Trinajstić information content (AvgIpc) is 2.42. The molecule has 1 fully saturated rings. The molecule has 0 aliphatic heterocycles. The monoisotopic (exact) mass is 313 g/mol. The molecule has 0 saturated heterocycles. The maximum atomic E-state index is 12.4. The second-order valence-electron chi connectivity index (χ2n) is 5.68.